The molecule has 1 heterocycles. The number of nitrogens with zero attached hydrogens (tertiary/aromatic N) is 2. The van der Waals surface area contributed by atoms with Gasteiger partial charge in [-0.1, -0.05) is 18.6 Å². The molecule has 2 bridgehead atoms. The van der Waals surface area contributed by atoms with E-state index >= 15 is 0 Å². The van der Waals surface area contributed by atoms with Crippen LogP contribution < -0.4 is 4.90 Å². The Balaban J connectivity index is 1.40. The Morgan fingerprint density at radius 1 is 0.955 bits per heavy atom. The third kappa shape index (κ3) is 2.78. The van der Waals surface area contributed by atoms with Gasteiger partial charge in [0, 0.05) is 37.1 Å². The van der Waals surface area contributed by atoms with Crippen LogP contribution >= 0.6 is 11.8 Å². The van der Waals surface area contributed by atoms with E-state index in [1.165, 1.54) is 68.9 Å². The molecular formula is C19H28N2S. The summed E-state index contributed by atoms with van der Waals surface area (Å²) in [6.07, 6.45) is 9.70. The van der Waals surface area contributed by atoms with Gasteiger partial charge in [-0.25, -0.2) is 0 Å². The minimum atomic E-state index is 0.900. The van der Waals surface area contributed by atoms with Crippen LogP contribution in [0, 0.1) is 11.8 Å². The number of thioether (sulfide) groups is 1. The van der Waals surface area contributed by atoms with Crippen molar-refractivity contribution >= 4 is 17.4 Å². The lowest BCUT2D eigenvalue weighted by atomic mass is 9.84. The van der Waals surface area contributed by atoms with Crippen molar-refractivity contribution in [2.45, 2.75) is 43.0 Å². The quantitative estimate of drug-likeness (QED) is 0.775. The highest BCUT2D eigenvalue weighted by atomic mass is 32.2. The Labute approximate surface area is 139 Å². The number of para-hydroxylation sites is 1. The van der Waals surface area contributed by atoms with Gasteiger partial charge in [0.2, 0.25) is 0 Å². The number of fused-ring (bicyclic) bond motifs is 2. The average molecular weight is 317 g/mol. The normalized spacial score (nSPS) is 32.4. The van der Waals surface area contributed by atoms with E-state index in [0.717, 1.165) is 17.9 Å². The van der Waals surface area contributed by atoms with Gasteiger partial charge in [-0.3, -0.25) is 4.90 Å². The van der Waals surface area contributed by atoms with Gasteiger partial charge in [0.05, 0.1) is 5.69 Å². The first-order valence-corrected chi connectivity index (χ1v) is 10.2. The van der Waals surface area contributed by atoms with Crippen LogP contribution in [0.4, 0.5) is 5.69 Å². The molecule has 0 radical (unpaired) electrons. The van der Waals surface area contributed by atoms with Crippen LogP contribution in [0.15, 0.2) is 29.2 Å². The van der Waals surface area contributed by atoms with Crippen molar-refractivity contribution in [2.75, 3.05) is 37.3 Å². The molecule has 3 aliphatic rings. The Hall–Kier alpha value is -0.670. The van der Waals surface area contributed by atoms with E-state index in [4.69, 9.17) is 0 Å². The van der Waals surface area contributed by atoms with Gasteiger partial charge in [-0.15, -0.1) is 11.8 Å². The number of rotatable bonds is 3. The van der Waals surface area contributed by atoms with E-state index in [1.54, 1.807) is 0 Å². The van der Waals surface area contributed by atoms with Crippen molar-refractivity contribution in [2.24, 2.45) is 11.8 Å². The first-order valence-electron chi connectivity index (χ1n) is 8.97. The fourth-order valence-electron chi connectivity index (χ4n) is 5.03. The lowest BCUT2D eigenvalue weighted by Crippen LogP contribution is -2.53. The van der Waals surface area contributed by atoms with Crippen LogP contribution in [0.1, 0.15) is 32.1 Å². The molecule has 3 atom stereocenters. The standard InChI is InChI=1S/C19H28N2S/c1-22-19-5-3-2-4-18(19)21-12-10-20(11-13-21)17-9-7-15-6-8-16(17)14-15/h2-5,15-17H,6-14H2,1H3. The van der Waals surface area contributed by atoms with Crippen LogP contribution in [0.5, 0.6) is 0 Å². The summed E-state index contributed by atoms with van der Waals surface area (Å²) < 4.78 is 0. The van der Waals surface area contributed by atoms with Gasteiger partial charge < -0.3 is 4.90 Å². The average Bonchev–Trinajstić information content (AvgIpc) is 2.96. The highest BCUT2D eigenvalue weighted by Crippen LogP contribution is 2.44. The molecule has 3 heteroatoms. The topological polar surface area (TPSA) is 6.48 Å². The molecule has 2 aliphatic carbocycles. The second kappa shape index (κ2) is 6.45. The summed E-state index contributed by atoms with van der Waals surface area (Å²) in [5.74, 6) is 2.10. The minimum absolute atomic E-state index is 0.900. The summed E-state index contributed by atoms with van der Waals surface area (Å²) in [6.45, 7) is 4.91. The smallest absolute Gasteiger partial charge is 0.0505 e. The van der Waals surface area contributed by atoms with Crippen molar-refractivity contribution < 1.29 is 0 Å². The van der Waals surface area contributed by atoms with Crippen molar-refractivity contribution in [3.63, 3.8) is 0 Å². The van der Waals surface area contributed by atoms with Gasteiger partial charge in [-0.05, 0) is 55.9 Å². The van der Waals surface area contributed by atoms with E-state index in [9.17, 15) is 0 Å². The molecule has 3 unspecified atom stereocenters. The second-order valence-corrected chi connectivity index (χ2v) is 8.13. The number of hydrogen-bond acceptors (Lipinski definition) is 3. The van der Waals surface area contributed by atoms with Crippen LogP contribution in [-0.4, -0.2) is 43.4 Å². The third-order valence-corrected chi connectivity index (χ3v) is 6.99. The van der Waals surface area contributed by atoms with E-state index < -0.39 is 0 Å². The lowest BCUT2D eigenvalue weighted by Gasteiger charge is -2.44. The maximum atomic E-state index is 2.82. The largest absolute Gasteiger partial charge is 0.368 e. The Morgan fingerprint density at radius 3 is 2.55 bits per heavy atom. The summed E-state index contributed by atoms with van der Waals surface area (Å²) in [4.78, 5) is 6.85. The molecule has 0 amide bonds. The molecule has 1 aromatic carbocycles. The van der Waals surface area contributed by atoms with E-state index in [-0.39, 0.29) is 0 Å². The molecular weight excluding hydrogens is 288 g/mol. The Morgan fingerprint density at radius 2 is 1.73 bits per heavy atom. The van der Waals surface area contributed by atoms with Gasteiger partial charge in [0.15, 0.2) is 0 Å². The first-order chi connectivity index (χ1) is 10.8. The Bertz CT molecular complexity index is 510. The zero-order valence-electron chi connectivity index (χ0n) is 13.7. The highest BCUT2D eigenvalue weighted by molar-refractivity contribution is 7.98. The fraction of sp³-hybridized carbons (Fsp3) is 0.684. The number of anilines is 1. The molecule has 0 aromatic heterocycles. The van der Waals surface area contributed by atoms with Crippen LogP contribution in [-0.2, 0) is 0 Å². The fourth-order valence-corrected chi connectivity index (χ4v) is 5.65. The van der Waals surface area contributed by atoms with Crippen LogP contribution in [0.2, 0.25) is 0 Å². The Kier molecular flexibility index (Phi) is 4.36. The summed E-state index contributed by atoms with van der Waals surface area (Å²) in [6, 6.07) is 9.79. The van der Waals surface area contributed by atoms with Crippen molar-refractivity contribution in [1.82, 2.24) is 4.90 Å². The molecule has 0 N–H and O–H groups in total. The molecule has 2 nitrogen and oxygen atoms in total. The molecule has 0 spiro atoms. The number of benzene rings is 1. The predicted molar refractivity (Wildman–Crippen MR) is 95.9 cm³/mol. The van der Waals surface area contributed by atoms with Crippen molar-refractivity contribution in [1.29, 1.82) is 0 Å². The molecule has 3 fully saturated rings. The summed E-state index contributed by atoms with van der Waals surface area (Å²) in [5.41, 5.74) is 1.44. The lowest BCUT2D eigenvalue weighted by molar-refractivity contribution is 0.103. The monoisotopic (exact) mass is 316 g/mol. The van der Waals surface area contributed by atoms with Gasteiger partial charge in [-0.2, -0.15) is 0 Å². The molecule has 4 rings (SSSR count). The molecule has 1 aromatic rings. The summed E-state index contributed by atoms with van der Waals surface area (Å²) >= 11 is 1.87. The highest BCUT2D eigenvalue weighted by Gasteiger charge is 2.39. The van der Waals surface area contributed by atoms with E-state index in [2.05, 4.69) is 40.3 Å². The molecule has 1 saturated heterocycles. The summed E-state index contributed by atoms with van der Waals surface area (Å²) in [7, 11) is 0. The van der Waals surface area contributed by atoms with E-state index in [0.29, 0.717) is 0 Å². The zero-order valence-corrected chi connectivity index (χ0v) is 14.5. The molecule has 2 saturated carbocycles. The SMILES string of the molecule is CSc1ccccc1N1CCN(C2CCC3CCC2C3)CC1. The number of hydrogen-bond donors (Lipinski definition) is 0. The first kappa shape index (κ1) is 14.9. The maximum absolute atomic E-state index is 2.82. The predicted octanol–water partition coefficient (Wildman–Crippen LogP) is 4.11. The maximum Gasteiger partial charge on any atom is 0.0505 e. The van der Waals surface area contributed by atoms with Gasteiger partial charge in [0.25, 0.3) is 0 Å². The minimum Gasteiger partial charge on any atom is -0.368 e. The molecule has 120 valence electrons. The van der Waals surface area contributed by atoms with Gasteiger partial charge in [0.1, 0.15) is 0 Å². The van der Waals surface area contributed by atoms with Gasteiger partial charge >= 0.3 is 0 Å². The molecule has 1 aliphatic heterocycles. The molecule has 22 heavy (non-hydrogen) atoms. The third-order valence-electron chi connectivity index (χ3n) is 6.21. The van der Waals surface area contributed by atoms with E-state index in [1.807, 2.05) is 11.8 Å². The second-order valence-electron chi connectivity index (χ2n) is 7.28. The number of piperazine rings is 1. The van der Waals surface area contributed by atoms with Crippen LogP contribution in [0.3, 0.4) is 0 Å². The van der Waals surface area contributed by atoms with Crippen molar-refractivity contribution in [3.05, 3.63) is 24.3 Å². The van der Waals surface area contributed by atoms with Crippen LogP contribution in [0.25, 0.3) is 0 Å². The van der Waals surface area contributed by atoms with Crippen molar-refractivity contribution in [3.8, 4) is 0 Å². The summed E-state index contributed by atoms with van der Waals surface area (Å²) in [5, 5.41) is 0. The zero-order chi connectivity index (χ0) is 14.9.